The molecular formula is C15H17N3O4S. The number of hydrogen-bond acceptors (Lipinski definition) is 6. The Morgan fingerprint density at radius 1 is 1.09 bits per heavy atom. The highest BCUT2D eigenvalue weighted by Crippen LogP contribution is 2.20. The molecule has 2 heterocycles. The molecule has 0 N–H and O–H groups in total. The van der Waals surface area contributed by atoms with E-state index >= 15 is 0 Å². The average Bonchev–Trinajstić information content (AvgIpc) is 3.07. The third kappa shape index (κ3) is 3.58. The van der Waals surface area contributed by atoms with Crippen molar-refractivity contribution in [3.05, 3.63) is 30.3 Å². The lowest BCUT2D eigenvalue weighted by molar-refractivity contribution is -0.129. The number of rotatable bonds is 4. The van der Waals surface area contributed by atoms with Crippen LogP contribution in [0.2, 0.25) is 0 Å². The fourth-order valence-corrected chi connectivity index (χ4v) is 3.49. The van der Waals surface area contributed by atoms with E-state index in [9.17, 15) is 13.2 Å². The minimum absolute atomic E-state index is 0.120. The SMILES string of the molecule is O=C(CS(=O)(=O)c1nnc(-c2ccccc2)o1)N1CCCCC1. The van der Waals surface area contributed by atoms with E-state index in [-0.39, 0.29) is 5.89 Å². The molecule has 0 atom stereocenters. The van der Waals surface area contributed by atoms with Crippen molar-refractivity contribution in [2.24, 2.45) is 0 Å². The number of aromatic nitrogens is 2. The zero-order valence-electron chi connectivity index (χ0n) is 12.5. The van der Waals surface area contributed by atoms with Crippen LogP contribution < -0.4 is 0 Å². The molecule has 1 aromatic heterocycles. The van der Waals surface area contributed by atoms with Crippen molar-refractivity contribution in [1.82, 2.24) is 15.1 Å². The zero-order chi connectivity index (χ0) is 16.3. The maximum absolute atomic E-state index is 12.3. The first-order valence-electron chi connectivity index (χ1n) is 7.46. The largest absolute Gasteiger partial charge is 0.408 e. The number of carbonyl (C=O) groups is 1. The smallest absolute Gasteiger partial charge is 0.336 e. The summed E-state index contributed by atoms with van der Waals surface area (Å²) in [6.07, 6.45) is 2.88. The number of nitrogens with zero attached hydrogens (tertiary/aromatic N) is 3. The molecule has 0 aliphatic carbocycles. The van der Waals surface area contributed by atoms with E-state index in [0.717, 1.165) is 19.3 Å². The van der Waals surface area contributed by atoms with Crippen molar-refractivity contribution in [1.29, 1.82) is 0 Å². The summed E-state index contributed by atoms with van der Waals surface area (Å²) in [5.41, 5.74) is 0.629. The second-order valence-electron chi connectivity index (χ2n) is 5.44. The van der Waals surface area contributed by atoms with Crippen molar-refractivity contribution in [2.75, 3.05) is 18.8 Å². The van der Waals surface area contributed by atoms with Crippen LogP contribution in [0.25, 0.3) is 11.5 Å². The molecule has 0 unspecified atom stereocenters. The maximum Gasteiger partial charge on any atom is 0.336 e. The van der Waals surface area contributed by atoms with E-state index in [1.807, 2.05) is 6.07 Å². The van der Waals surface area contributed by atoms with Crippen molar-refractivity contribution in [3.63, 3.8) is 0 Å². The summed E-state index contributed by atoms with van der Waals surface area (Å²) < 4.78 is 29.8. The predicted molar refractivity (Wildman–Crippen MR) is 82.2 cm³/mol. The van der Waals surface area contributed by atoms with Crippen LogP contribution in [-0.2, 0) is 14.6 Å². The molecule has 23 heavy (non-hydrogen) atoms. The summed E-state index contributed by atoms with van der Waals surface area (Å²) in [6.45, 7) is 1.21. The topological polar surface area (TPSA) is 93.4 Å². The van der Waals surface area contributed by atoms with Gasteiger partial charge in [-0.25, -0.2) is 8.42 Å². The van der Waals surface area contributed by atoms with Gasteiger partial charge in [0.05, 0.1) is 0 Å². The lowest BCUT2D eigenvalue weighted by atomic mass is 10.1. The van der Waals surface area contributed by atoms with Gasteiger partial charge in [-0.3, -0.25) is 4.79 Å². The highest BCUT2D eigenvalue weighted by molar-refractivity contribution is 7.91. The standard InChI is InChI=1S/C15H17N3O4S/c19-13(18-9-5-2-6-10-18)11-23(20,21)15-17-16-14(22-15)12-7-3-1-4-8-12/h1,3-4,7-8H,2,5-6,9-11H2. The van der Waals surface area contributed by atoms with E-state index in [1.54, 1.807) is 29.2 Å². The van der Waals surface area contributed by atoms with Crippen molar-refractivity contribution in [3.8, 4) is 11.5 Å². The minimum atomic E-state index is -3.93. The molecule has 0 bridgehead atoms. The summed E-state index contributed by atoms with van der Waals surface area (Å²) in [4.78, 5) is 13.7. The average molecular weight is 335 g/mol. The third-order valence-electron chi connectivity index (χ3n) is 3.72. The Hall–Kier alpha value is -2.22. The molecule has 122 valence electrons. The third-order valence-corrected chi connectivity index (χ3v) is 5.04. The number of amides is 1. The Morgan fingerprint density at radius 3 is 2.48 bits per heavy atom. The summed E-state index contributed by atoms with van der Waals surface area (Å²) in [5.74, 6) is -0.928. The van der Waals surface area contributed by atoms with Gasteiger partial charge in [-0.05, 0) is 31.4 Å². The van der Waals surface area contributed by atoms with Gasteiger partial charge < -0.3 is 9.32 Å². The van der Waals surface area contributed by atoms with Gasteiger partial charge in [0.15, 0.2) is 0 Å². The lowest BCUT2D eigenvalue weighted by Gasteiger charge is -2.26. The van der Waals surface area contributed by atoms with Crippen LogP contribution in [0.1, 0.15) is 19.3 Å². The highest BCUT2D eigenvalue weighted by atomic mass is 32.2. The zero-order valence-corrected chi connectivity index (χ0v) is 13.3. The maximum atomic E-state index is 12.3. The highest BCUT2D eigenvalue weighted by Gasteiger charge is 2.29. The predicted octanol–water partition coefficient (Wildman–Crippen LogP) is 1.52. The second kappa shape index (κ2) is 6.49. The molecule has 1 aliphatic heterocycles. The molecule has 1 fully saturated rings. The van der Waals surface area contributed by atoms with Crippen LogP contribution in [-0.4, -0.2) is 48.3 Å². The summed E-state index contributed by atoms with van der Waals surface area (Å²) in [5, 5.41) is 6.83. The first kappa shape index (κ1) is 15.7. The van der Waals surface area contributed by atoms with Crippen molar-refractivity contribution >= 4 is 15.7 Å². The number of likely N-dealkylation sites (tertiary alicyclic amines) is 1. The molecule has 7 nitrogen and oxygen atoms in total. The fourth-order valence-electron chi connectivity index (χ4n) is 2.49. The van der Waals surface area contributed by atoms with Gasteiger partial charge in [-0.1, -0.05) is 23.3 Å². The van der Waals surface area contributed by atoms with Gasteiger partial charge in [-0.2, -0.15) is 0 Å². The Balaban J connectivity index is 1.75. The van der Waals surface area contributed by atoms with Gasteiger partial charge in [0.25, 0.3) is 0 Å². The molecule has 2 aromatic rings. The second-order valence-corrected chi connectivity index (χ2v) is 7.31. The molecule has 1 amide bonds. The molecular weight excluding hydrogens is 318 g/mol. The quantitative estimate of drug-likeness (QED) is 0.841. The van der Waals surface area contributed by atoms with Crippen LogP contribution in [0, 0.1) is 0 Å². The number of piperidine rings is 1. The van der Waals surface area contributed by atoms with Gasteiger partial charge in [0.2, 0.25) is 21.6 Å². The van der Waals surface area contributed by atoms with Crippen LogP contribution in [0.5, 0.6) is 0 Å². The Kier molecular flexibility index (Phi) is 4.42. The Morgan fingerprint density at radius 2 is 1.78 bits per heavy atom. The van der Waals surface area contributed by atoms with Crippen molar-refractivity contribution in [2.45, 2.75) is 24.5 Å². The summed E-state index contributed by atoms with van der Waals surface area (Å²) >= 11 is 0. The van der Waals surface area contributed by atoms with E-state index < -0.39 is 26.7 Å². The number of benzene rings is 1. The number of carbonyl (C=O) groups excluding carboxylic acids is 1. The summed E-state index contributed by atoms with van der Waals surface area (Å²) in [6, 6.07) is 8.88. The molecule has 0 radical (unpaired) electrons. The van der Waals surface area contributed by atoms with Gasteiger partial charge in [-0.15, -0.1) is 5.10 Å². The number of sulfone groups is 1. The molecule has 1 aromatic carbocycles. The van der Waals surface area contributed by atoms with E-state index in [4.69, 9.17) is 4.42 Å². The Labute approximate surface area is 134 Å². The molecule has 1 aliphatic rings. The monoisotopic (exact) mass is 335 g/mol. The normalized spacial score (nSPS) is 15.6. The molecule has 8 heteroatoms. The first-order valence-corrected chi connectivity index (χ1v) is 9.11. The minimum Gasteiger partial charge on any atom is -0.408 e. The molecule has 0 saturated carbocycles. The van der Waals surface area contributed by atoms with Crippen LogP contribution in [0.15, 0.2) is 40.0 Å². The van der Waals surface area contributed by atoms with Crippen LogP contribution >= 0.6 is 0 Å². The molecule has 3 rings (SSSR count). The van der Waals surface area contributed by atoms with Crippen LogP contribution in [0.3, 0.4) is 0 Å². The summed E-state index contributed by atoms with van der Waals surface area (Å²) in [7, 11) is -3.93. The molecule has 0 spiro atoms. The Bertz CT molecular complexity index is 780. The van der Waals surface area contributed by atoms with E-state index in [1.165, 1.54) is 0 Å². The van der Waals surface area contributed by atoms with Gasteiger partial charge >= 0.3 is 5.22 Å². The lowest BCUT2D eigenvalue weighted by Crippen LogP contribution is -2.39. The van der Waals surface area contributed by atoms with Gasteiger partial charge in [0, 0.05) is 18.7 Å². The molecule has 1 saturated heterocycles. The van der Waals surface area contributed by atoms with Crippen LogP contribution in [0.4, 0.5) is 0 Å². The van der Waals surface area contributed by atoms with E-state index in [2.05, 4.69) is 10.2 Å². The van der Waals surface area contributed by atoms with Gasteiger partial charge in [0.1, 0.15) is 5.75 Å². The number of hydrogen-bond donors (Lipinski definition) is 0. The first-order chi connectivity index (χ1) is 11.1. The van der Waals surface area contributed by atoms with E-state index in [0.29, 0.717) is 18.7 Å². The fraction of sp³-hybridized carbons (Fsp3) is 0.400. The van der Waals surface area contributed by atoms with Crippen molar-refractivity contribution < 1.29 is 17.6 Å².